The van der Waals surface area contributed by atoms with Crippen LogP contribution in [0.4, 0.5) is 5.69 Å². The molecule has 0 radical (unpaired) electrons. The van der Waals surface area contributed by atoms with Crippen LogP contribution in [0.2, 0.25) is 0 Å². The van der Waals surface area contributed by atoms with Gasteiger partial charge in [-0.05, 0) is 60.3 Å². The van der Waals surface area contributed by atoms with Gasteiger partial charge in [0.05, 0.1) is 7.11 Å². The van der Waals surface area contributed by atoms with Crippen molar-refractivity contribution in [3.63, 3.8) is 0 Å². The van der Waals surface area contributed by atoms with Crippen molar-refractivity contribution >= 4 is 46.8 Å². The van der Waals surface area contributed by atoms with Crippen molar-refractivity contribution in [1.82, 2.24) is 16.2 Å². The van der Waals surface area contributed by atoms with E-state index in [9.17, 15) is 14.4 Å². The van der Waals surface area contributed by atoms with Gasteiger partial charge in [-0.2, -0.15) is 0 Å². The Labute approximate surface area is 173 Å². The lowest BCUT2D eigenvalue weighted by Crippen LogP contribution is -2.48. The Morgan fingerprint density at radius 3 is 2.21 bits per heavy atom. The Morgan fingerprint density at radius 2 is 1.62 bits per heavy atom. The van der Waals surface area contributed by atoms with Gasteiger partial charge in [-0.25, -0.2) is 0 Å². The quantitative estimate of drug-likeness (QED) is 0.340. The molecule has 0 aliphatic carbocycles. The van der Waals surface area contributed by atoms with Crippen molar-refractivity contribution in [3.8, 4) is 5.75 Å². The monoisotopic (exact) mass is 412 g/mol. The van der Waals surface area contributed by atoms with E-state index in [0.29, 0.717) is 11.3 Å². The fourth-order valence-corrected chi connectivity index (χ4v) is 2.32. The lowest BCUT2D eigenvalue weighted by Gasteiger charge is -2.10. The lowest BCUT2D eigenvalue weighted by molar-refractivity contribution is -0.115. The summed E-state index contributed by atoms with van der Waals surface area (Å²) < 4.78 is 5.07. The van der Waals surface area contributed by atoms with E-state index in [-0.39, 0.29) is 11.0 Å². The van der Waals surface area contributed by atoms with Crippen molar-refractivity contribution in [2.24, 2.45) is 0 Å². The van der Waals surface area contributed by atoms with Gasteiger partial charge in [-0.15, -0.1) is 0 Å². The molecule has 0 fully saturated rings. The van der Waals surface area contributed by atoms with Gasteiger partial charge in [0.2, 0.25) is 11.8 Å². The average molecular weight is 412 g/mol. The van der Waals surface area contributed by atoms with Gasteiger partial charge in [-0.1, -0.05) is 12.1 Å². The molecule has 150 valence electrons. The number of hydrogen-bond acceptors (Lipinski definition) is 5. The number of amides is 3. The van der Waals surface area contributed by atoms with Gasteiger partial charge in [-0.3, -0.25) is 30.6 Å². The summed E-state index contributed by atoms with van der Waals surface area (Å²) in [5.41, 5.74) is 6.57. The molecule has 0 aromatic heterocycles. The number of carbonyl (C=O) groups excluding carboxylic acids is 3. The van der Waals surface area contributed by atoms with Crippen LogP contribution in [0.3, 0.4) is 0 Å². The molecular weight excluding hydrogens is 392 g/mol. The topological polar surface area (TPSA) is 109 Å². The Morgan fingerprint density at radius 1 is 0.966 bits per heavy atom. The second-order valence-corrected chi connectivity index (χ2v) is 6.17. The Kier molecular flexibility index (Phi) is 7.87. The van der Waals surface area contributed by atoms with Crippen LogP contribution in [0.5, 0.6) is 5.75 Å². The SMILES string of the molecule is COc1ccc(/C=C/C(=O)NC(=S)NNC(=O)c2ccc(NC(C)=O)cc2)cc1. The van der Waals surface area contributed by atoms with Crippen molar-refractivity contribution in [2.75, 3.05) is 12.4 Å². The van der Waals surface area contributed by atoms with Gasteiger partial charge in [0, 0.05) is 24.3 Å². The van der Waals surface area contributed by atoms with Crippen LogP contribution in [0, 0.1) is 0 Å². The van der Waals surface area contributed by atoms with Crippen LogP contribution in [0.25, 0.3) is 6.08 Å². The molecule has 0 spiro atoms. The first-order valence-corrected chi connectivity index (χ1v) is 8.89. The number of carbonyl (C=O) groups is 3. The average Bonchev–Trinajstić information content (AvgIpc) is 2.71. The third kappa shape index (κ3) is 7.43. The van der Waals surface area contributed by atoms with E-state index < -0.39 is 11.8 Å². The van der Waals surface area contributed by atoms with Gasteiger partial charge in [0.25, 0.3) is 5.91 Å². The molecule has 0 saturated carbocycles. The van der Waals surface area contributed by atoms with Crippen LogP contribution < -0.4 is 26.2 Å². The highest BCUT2D eigenvalue weighted by molar-refractivity contribution is 7.80. The fraction of sp³-hybridized carbons (Fsp3) is 0.100. The zero-order valence-electron chi connectivity index (χ0n) is 15.8. The maximum Gasteiger partial charge on any atom is 0.269 e. The molecule has 2 aromatic carbocycles. The lowest BCUT2D eigenvalue weighted by atomic mass is 10.2. The van der Waals surface area contributed by atoms with Gasteiger partial charge in [0.15, 0.2) is 5.11 Å². The fourth-order valence-electron chi connectivity index (χ4n) is 2.17. The smallest absolute Gasteiger partial charge is 0.269 e. The van der Waals surface area contributed by atoms with E-state index in [4.69, 9.17) is 17.0 Å². The highest BCUT2D eigenvalue weighted by Crippen LogP contribution is 2.12. The number of hydrazine groups is 1. The minimum absolute atomic E-state index is 0.0578. The number of hydrogen-bond donors (Lipinski definition) is 4. The number of anilines is 1. The number of rotatable bonds is 5. The van der Waals surface area contributed by atoms with Crippen molar-refractivity contribution < 1.29 is 19.1 Å². The molecule has 0 saturated heterocycles. The molecule has 0 unspecified atom stereocenters. The molecule has 29 heavy (non-hydrogen) atoms. The van der Waals surface area contributed by atoms with Crippen molar-refractivity contribution in [1.29, 1.82) is 0 Å². The van der Waals surface area contributed by atoms with E-state index in [2.05, 4.69) is 21.5 Å². The van der Waals surface area contributed by atoms with E-state index in [1.165, 1.54) is 13.0 Å². The molecule has 0 heterocycles. The van der Waals surface area contributed by atoms with Gasteiger partial charge >= 0.3 is 0 Å². The summed E-state index contributed by atoms with van der Waals surface area (Å²) in [5, 5.41) is 4.97. The number of benzene rings is 2. The maximum absolute atomic E-state index is 12.1. The molecule has 0 aliphatic heterocycles. The van der Waals surface area contributed by atoms with Crippen molar-refractivity contribution in [3.05, 3.63) is 65.7 Å². The second-order valence-electron chi connectivity index (χ2n) is 5.76. The number of methoxy groups -OCH3 is 1. The molecule has 9 heteroatoms. The predicted molar refractivity (Wildman–Crippen MR) is 114 cm³/mol. The van der Waals surface area contributed by atoms with E-state index in [1.54, 1.807) is 61.7 Å². The molecule has 0 atom stereocenters. The van der Waals surface area contributed by atoms with Crippen LogP contribution in [-0.4, -0.2) is 29.9 Å². The molecule has 0 aliphatic rings. The summed E-state index contributed by atoms with van der Waals surface area (Å²) in [6.45, 7) is 1.39. The van der Waals surface area contributed by atoms with E-state index >= 15 is 0 Å². The Bertz CT molecular complexity index is 925. The summed E-state index contributed by atoms with van der Waals surface area (Å²) >= 11 is 4.97. The second kappa shape index (κ2) is 10.6. The van der Waals surface area contributed by atoms with Crippen LogP contribution in [0.15, 0.2) is 54.6 Å². The molecular formula is C20H20N4O4S. The number of thiocarbonyl (C=S) groups is 1. The summed E-state index contributed by atoms with van der Waals surface area (Å²) in [5.74, 6) is -0.388. The van der Waals surface area contributed by atoms with E-state index in [0.717, 1.165) is 11.3 Å². The van der Waals surface area contributed by atoms with Crippen molar-refractivity contribution in [2.45, 2.75) is 6.92 Å². The first kappa shape index (κ1) is 21.6. The Balaban J connectivity index is 1.79. The molecule has 0 bridgehead atoms. The minimum Gasteiger partial charge on any atom is -0.497 e. The van der Waals surface area contributed by atoms with Crippen LogP contribution in [-0.2, 0) is 9.59 Å². The summed E-state index contributed by atoms with van der Waals surface area (Å²) in [7, 11) is 1.58. The van der Waals surface area contributed by atoms with Gasteiger partial charge < -0.3 is 10.1 Å². The molecule has 8 nitrogen and oxygen atoms in total. The summed E-state index contributed by atoms with van der Waals surface area (Å²) in [4.78, 5) is 35.0. The first-order valence-electron chi connectivity index (χ1n) is 8.48. The molecule has 2 rings (SSSR count). The maximum atomic E-state index is 12.1. The standard InChI is InChI=1S/C20H20N4O4S/c1-13(25)21-16-8-6-15(7-9-16)19(27)23-24-20(29)22-18(26)12-5-14-3-10-17(28-2)11-4-14/h3-12H,1-2H3,(H,21,25)(H,23,27)(H2,22,24,26,29)/b12-5+. The zero-order valence-corrected chi connectivity index (χ0v) is 16.6. The minimum atomic E-state index is -0.454. The zero-order chi connectivity index (χ0) is 21.2. The van der Waals surface area contributed by atoms with Gasteiger partial charge in [0.1, 0.15) is 5.75 Å². The number of nitrogens with one attached hydrogen (secondary N) is 4. The third-order valence-corrected chi connectivity index (χ3v) is 3.74. The highest BCUT2D eigenvalue weighted by Gasteiger charge is 2.07. The Hall–Kier alpha value is -3.72. The third-order valence-electron chi connectivity index (χ3n) is 3.54. The predicted octanol–water partition coefficient (Wildman–Crippen LogP) is 2.00. The summed E-state index contributed by atoms with van der Waals surface area (Å²) in [6, 6.07) is 13.4. The normalized spacial score (nSPS) is 10.1. The number of ether oxygens (including phenoxy) is 1. The van der Waals surface area contributed by atoms with Crippen LogP contribution >= 0.6 is 12.2 Å². The highest BCUT2D eigenvalue weighted by atomic mass is 32.1. The molecule has 4 N–H and O–H groups in total. The first-order chi connectivity index (χ1) is 13.9. The summed E-state index contributed by atoms with van der Waals surface area (Å²) in [6.07, 6.45) is 2.94. The van der Waals surface area contributed by atoms with E-state index in [1.807, 2.05) is 0 Å². The largest absolute Gasteiger partial charge is 0.497 e. The molecule has 2 aromatic rings. The molecule has 3 amide bonds. The van der Waals surface area contributed by atoms with Crippen LogP contribution in [0.1, 0.15) is 22.8 Å².